The number of hydrogen-bond donors (Lipinski definition) is 2. The van der Waals surface area contributed by atoms with Crippen molar-refractivity contribution in [3.05, 3.63) is 66.0 Å². The molecule has 0 saturated heterocycles. The first-order valence-corrected chi connectivity index (χ1v) is 8.51. The van der Waals surface area contributed by atoms with E-state index in [2.05, 4.69) is 20.6 Å². The summed E-state index contributed by atoms with van der Waals surface area (Å²) in [6, 6.07) is 12.7. The van der Waals surface area contributed by atoms with Crippen LogP contribution in [-0.4, -0.2) is 16.1 Å². The fourth-order valence-corrected chi connectivity index (χ4v) is 2.48. The maximum Gasteiger partial charge on any atom is 0.149 e. The Bertz CT molecular complexity index is 910. The SMILES string of the molecule is Cc1nc(Nc2ccc(OC(C)C)cc2)cc(Nc2c(F)cccc2F)n1. The number of aryl methyl sites for hydroxylation is 1. The highest BCUT2D eigenvalue weighted by molar-refractivity contribution is 5.64. The molecule has 2 aromatic carbocycles. The monoisotopic (exact) mass is 370 g/mol. The van der Waals surface area contributed by atoms with Crippen molar-refractivity contribution in [2.75, 3.05) is 10.6 Å². The van der Waals surface area contributed by atoms with E-state index in [0.717, 1.165) is 11.4 Å². The second-order valence-electron chi connectivity index (χ2n) is 6.22. The zero-order valence-corrected chi connectivity index (χ0v) is 15.3. The van der Waals surface area contributed by atoms with Crippen LogP contribution in [0.25, 0.3) is 0 Å². The third kappa shape index (κ3) is 4.91. The molecule has 0 fully saturated rings. The van der Waals surface area contributed by atoms with Crippen molar-refractivity contribution in [1.29, 1.82) is 0 Å². The van der Waals surface area contributed by atoms with E-state index in [-0.39, 0.29) is 17.6 Å². The number of hydrogen-bond acceptors (Lipinski definition) is 5. The molecule has 2 N–H and O–H groups in total. The zero-order valence-electron chi connectivity index (χ0n) is 15.3. The maximum atomic E-state index is 13.8. The van der Waals surface area contributed by atoms with E-state index < -0.39 is 11.6 Å². The third-order valence-corrected chi connectivity index (χ3v) is 3.55. The number of benzene rings is 2. The topological polar surface area (TPSA) is 59.1 Å². The molecule has 1 aromatic heterocycles. The Morgan fingerprint density at radius 1 is 0.889 bits per heavy atom. The first-order chi connectivity index (χ1) is 12.9. The summed E-state index contributed by atoms with van der Waals surface area (Å²) in [6.45, 7) is 5.62. The minimum Gasteiger partial charge on any atom is -0.491 e. The van der Waals surface area contributed by atoms with Crippen LogP contribution in [-0.2, 0) is 0 Å². The van der Waals surface area contributed by atoms with E-state index in [1.807, 2.05) is 38.1 Å². The summed E-state index contributed by atoms with van der Waals surface area (Å²) in [4.78, 5) is 8.49. The van der Waals surface area contributed by atoms with Crippen LogP contribution < -0.4 is 15.4 Å². The van der Waals surface area contributed by atoms with Crippen LogP contribution in [0, 0.1) is 18.6 Å². The van der Waals surface area contributed by atoms with Crippen LogP contribution in [0.3, 0.4) is 0 Å². The summed E-state index contributed by atoms with van der Waals surface area (Å²) >= 11 is 0. The normalized spacial score (nSPS) is 10.7. The van der Waals surface area contributed by atoms with Gasteiger partial charge in [0.15, 0.2) is 0 Å². The predicted octanol–water partition coefficient (Wildman–Crippen LogP) is 5.34. The molecule has 140 valence electrons. The average Bonchev–Trinajstić information content (AvgIpc) is 2.59. The molecule has 1 heterocycles. The summed E-state index contributed by atoms with van der Waals surface area (Å²) in [7, 11) is 0. The van der Waals surface area contributed by atoms with Gasteiger partial charge in [-0.05, 0) is 57.2 Å². The van der Waals surface area contributed by atoms with Crippen molar-refractivity contribution in [3.8, 4) is 5.75 Å². The van der Waals surface area contributed by atoms with Crippen molar-refractivity contribution in [2.24, 2.45) is 0 Å². The Balaban J connectivity index is 1.79. The standard InChI is InChI=1S/C20H20F2N4O/c1-12(2)27-15-9-7-14(8-10-15)25-18-11-19(24-13(3)23-18)26-20-16(21)5-4-6-17(20)22/h4-12H,1-3H3,(H2,23,24,25,26). The minimum atomic E-state index is -0.693. The Labute approximate surface area is 156 Å². The molecule has 0 atom stereocenters. The molecule has 0 aliphatic carbocycles. The number of anilines is 4. The van der Waals surface area contributed by atoms with Crippen LogP contribution in [0.15, 0.2) is 48.5 Å². The quantitative estimate of drug-likeness (QED) is 0.613. The lowest BCUT2D eigenvalue weighted by molar-refractivity contribution is 0.242. The maximum absolute atomic E-state index is 13.8. The molecule has 0 amide bonds. The lowest BCUT2D eigenvalue weighted by Crippen LogP contribution is -2.05. The summed E-state index contributed by atoms with van der Waals surface area (Å²) in [5, 5.41) is 5.82. The Morgan fingerprint density at radius 3 is 2.07 bits per heavy atom. The third-order valence-electron chi connectivity index (χ3n) is 3.55. The molecule has 0 radical (unpaired) electrons. The fraction of sp³-hybridized carbons (Fsp3) is 0.200. The number of nitrogens with zero attached hydrogens (tertiary/aromatic N) is 2. The van der Waals surface area contributed by atoms with Crippen molar-refractivity contribution in [3.63, 3.8) is 0 Å². The summed E-state index contributed by atoms with van der Waals surface area (Å²) < 4.78 is 33.3. The van der Waals surface area contributed by atoms with Crippen LogP contribution in [0.2, 0.25) is 0 Å². The number of para-hydroxylation sites is 1. The predicted molar refractivity (Wildman–Crippen MR) is 102 cm³/mol. The van der Waals surface area contributed by atoms with Gasteiger partial charge in [-0.3, -0.25) is 0 Å². The van der Waals surface area contributed by atoms with Gasteiger partial charge in [0.25, 0.3) is 0 Å². The van der Waals surface area contributed by atoms with Crippen LogP contribution in [0.5, 0.6) is 5.75 Å². The van der Waals surface area contributed by atoms with E-state index in [1.165, 1.54) is 18.2 Å². The molecule has 0 unspecified atom stereocenters. The smallest absolute Gasteiger partial charge is 0.149 e. The second kappa shape index (κ2) is 7.99. The van der Waals surface area contributed by atoms with Crippen molar-refractivity contribution in [1.82, 2.24) is 9.97 Å². The van der Waals surface area contributed by atoms with E-state index in [4.69, 9.17) is 4.74 Å². The van der Waals surface area contributed by atoms with Gasteiger partial charge in [-0.2, -0.15) is 0 Å². The second-order valence-corrected chi connectivity index (χ2v) is 6.22. The molecule has 3 rings (SSSR count). The molecule has 3 aromatic rings. The lowest BCUT2D eigenvalue weighted by atomic mass is 10.3. The van der Waals surface area contributed by atoms with Crippen LogP contribution in [0.1, 0.15) is 19.7 Å². The highest BCUT2D eigenvalue weighted by Gasteiger charge is 2.10. The Kier molecular flexibility index (Phi) is 5.49. The van der Waals surface area contributed by atoms with Crippen molar-refractivity contribution < 1.29 is 13.5 Å². The molecule has 0 aliphatic rings. The highest BCUT2D eigenvalue weighted by atomic mass is 19.1. The first-order valence-electron chi connectivity index (χ1n) is 8.51. The molecule has 0 bridgehead atoms. The number of ether oxygens (including phenoxy) is 1. The lowest BCUT2D eigenvalue weighted by Gasteiger charge is -2.12. The highest BCUT2D eigenvalue weighted by Crippen LogP contribution is 2.25. The minimum absolute atomic E-state index is 0.0979. The van der Waals surface area contributed by atoms with E-state index >= 15 is 0 Å². The number of halogens is 2. The van der Waals surface area contributed by atoms with Gasteiger partial charge in [0, 0.05) is 11.8 Å². The van der Waals surface area contributed by atoms with Gasteiger partial charge >= 0.3 is 0 Å². The van der Waals surface area contributed by atoms with E-state index in [9.17, 15) is 8.78 Å². The summed E-state index contributed by atoms with van der Waals surface area (Å²) in [5.41, 5.74) is 0.545. The van der Waals surface area contributed by atoms with E-state index in [0.29, 0.717) is 11.6 Å². The van der Waals surface area contributed by atoms with Crippen LogP contribution >= 0.6 is 0 Å². The molecule has 7 heteroatoms. The number of rotatable bonds is 6. The Hall–Kier alpha value is -3.22. The van der Waals surface area contributed by atoms with Gasteiger partial charge in [-0.25, -0.2) is 18.7 Å². The number of nitrogens with one attached hydrogen (secondary N) is 2. The largest absolute Gasteiger partial charge is 0.491 e. The average molecular weight is 370 g/mol. The van der Waals surface area contributed by atoms with Gasteiger partial charge in [0.1, 0.15) is 40.5 Å². The molecule has 0 saturated carbocycles. The van der Waals surface area contributed by atoms with Crippen LogP contribution in [0.4, 0.5) is 31.8 Å². The first kappa shape index (κ1) is 18.6. The molecule has 0 spiro atoms. The van der Waals surface area contributed by atoms with Crippen molar-refractivity contribution >= 4 is 23.0 Å². The van der Waals surface area contributed by atoms with E-state index in [1.54, 1.807) is 13.0 Å². The van der Waals surface area contributed by atoms with Gasteiger partial charge in [-0.15, -0.1) is 0 Å². The molecular formula is C20H20F2N4O. The molecule has 27 heavy (non-hydrogen) atoms. The molecule has 0 aliphatic heterocycles. The van der Waals surface area contributed by atoms with Gasteiger partial charge in [0.05, 0.1) is 6.10 Å². The summed E-state index contributed by atoms with van der Waals surface area (Å²) in [5.74, 6) is 0.627. The fourth-order valence-electron chi connectivity index (χ4n) is 2.48. The van der Waals surface area contributed by atoms with Gasteiger partial charge in [0.2, 0.25) is 0 Å². The van der Waals surface area contributed by atoms with Gasteiger partial charge < -0.3 is 15.4 Å². The van der Waals surface area contributed by atoms with Gasteiger partial charge in [-0.1, -0.05) is 6.07 Å². The Morgan fingerprint density at radius 2 is 1.48 bits per heavy atom. The number of aromatic nitrogens is 2. The molecule has 5 nitrogen and oxygen atoms in total. The molecular weight excluding hydrogens is 350 g/mol. The zero-order chi connectivity index (χ0) is 19.4. The summed E-state index contributed by atoms with van der Waals surface area (Å²) in [6.07, 6.45) is 0.0979. The van der Waals surface area contributed by atoms with Crippen molar-refractivity contribution in [2.45, 2.75) is 26.9 Å².